The number of fused-ring (bicyclic) bond motifs is 2. The molecule has 1 saturated carbocycles. The standard InChI is InChI=1S/C21H26N2O3/c1-25-14-4-5-15-16-6-11-23-10-3-7-20(13-18(24)26-2)8-9-21(16,19(20)23)22-17(15)12-14/h3-5,7,12,16,19,22H,6,8-11,13H2,1-2H3/t16-,19+,20+,21-/m1/s1. The monoisotopic (exact) mass is 354 g/mol. The van der Waals surface area contributed by atoms with Crippen molar-refractivity contribution < 1.29 is 14.3 Å². The van der Waals surface area contributed by atoms with E-state index in [1.165, 1.54) is 18.4 Å². The smallest absolute Gasteiger partial charge is 0.306 e. The average molecular weight is 354 g/mol. The van der Waals surface area contributed by atoms with E-state index in [0.717, 1.165) is 38.1 Å². The molecule has 1 aliphatic carbocycles. The van der Waals surface area contributed by atoms with Gasteiger partial charge in [-0.15, -0.1) is 0 Å². The molecule has 0 bridgehead atoms. The van der Waals surface area contributed by atoms with Crippen molar-refractivity contribution in [2.24, 2.45) is 5.41 Å². The molecule has 1 spiro atoms. The van der Waals surface area contributed by atoms with Gasteiger partial charge in [0.15, 0.2) is 0 Å². The molecule has 1 aromatic carbocycles. The number of ether oxygens (including phenoxy) is 2. The number of esters is 1. The lowest BCUT2D eigenvalue weighted by atomic mass is 9.66. The molecule has 5 rings (SSSR count). The van der Waals surface area contributed by atoms with Gasteiger partial charge in [-0.05, 0) is 37.4 Å². The van der Waals surface area contributed by atoms with Gasteiger partial charge in [0, 0.05) is 35.7 Å². The number of piperidine rings is 1. The molecule has 5 heteroatoms. The van der Waals surface area contributed by atoms with Crippen LogP contribution in [-0.2, 0) is 9.53 Å². The minimum atomic E-state index is -0.122. The van der Waals surface area contributed by atoms with Gasteiger partial charge in [0.2, 0.25) is 0 Å². The summed E-state index contributed by atoms with van der Waals surface area (Å²) in [5, 5.41) is 3.92. The van der Waals surface area contributed by atoms with Crippen LogP contribution in [0.2, 0.25) is 0 Å². The third-order valence-electron chi connectivity index (χ3n) is 7.22. The third-order valence-corrected chi connectivity index (χ3v) is 7.22. The maximum Gasteiger partial charge on any atom is 0.306 e. The lowest BCUT2D eigenvalue weighted by molar-refractivity contribution is -0.144. The summed E-state index contributed by atoms with van der Waals surface area (Å²) in [6.45, 7) is 2.06. The lowest BCUT2D eigenvalue weighted by Gasteiger charge is -2.54. The SMILES string of the molecule is COC(=O)C[C@]12C=CCN3CC[C@@H]4c5ccc(OC)cc5N[C@@]4(CC1)[C@@H]32. The first-order valence-corrected chi connectivity index (χ1v) is 9.56. The molecule has 2 fully saturated rings. The maximum absolute atomic E-state index is 12.2. The fraction of sp³-hybridized carbons (Fsp3) is 0.571. The van der Waals surface area contributed by atoms with Crippen molar-refractivity contribution in [3.63, 3.8) is 0 Å². The number of methoxy groups -OCH3 is 2. The molecular weight excluding hydrogens is 328 g/mol. The van der Waals surface area contributed by atoms with Gasteiger partial charge in [0.05, 0.1) is 26.2 Å². The molecule has 4 atom stereocenters. The summed E-state index contributed by atoms with van der Waals surface area (Å²) in [4.78, 5) is 14.8. The molecule has 1 saturated heterocycles. The minimum Gasteiger partial charge on any atom is -0.497 e. The van der Waals surface area contributed by atoms with Crippen LogP contribution in [-0.4, -0.2) is 49.8 Å². The second kappa shape index (κ2) is 5.49. The van der Waals surface area contributed by atoms with E-state index in [9.17, 15) is 4.79 Å². The van der Waals surface area contributed by atoms with Crippen LogP contribution < -0.4 is 10.1 Å². The number of hydrogen-bond acceptors (Lipinski definition) is 5. The molecule has 0 radical (unpaired) electrons. The van der Waals surface area contributed by atoms with Gasteiger partial charge in [-0.3, -0.25) is 9.69 Å². The first-order chi connectivity index (χ1) is 12.6. The van der Waals surface area contributed by atoms with Gasteiger partial charge in [0.1, 0.15) is 5.75 Å². The molecule has 3 heterocycles. The van der Waals surface area contributed by atoms with E-state index < -0.39 is 0 Å². The highest BCUT2D eigenvalue weighted by Crippen LogP contribution is 2.63. The van der Waals surface area contributed by atoms with Crippen LogP contribution in [0.4, 0.5) is 5.69 Å². The van der Waals surface area contributed by atoms with Crippen molar-refractivity contribution in [2.45, 2.75) is 43.2 Å². The Balaban J connectivity index is 1.59. The first kappa shape index (κ1) is 16.2. The molecule has 5 nitrogen and oxygen atoms in total. The van der Waals surface area contributed by atoms with E-state index in [0.29, 0.717) is 18.4 Å². The van der Waals surface area contributed by atoms with Gasteiger partial charge in [0.25, 0.3) is 0 Å². The molecule has 0 amide bonds. The summed E-state index contributed by atoms with van der Waals surface area (Å²) in [6, 6.07) is 6.76. The molecule has 1 aromatic rings. The fourth-order valence-electron chi connectivity index (χ4n) is 6.32. The zero-order valence-corrected chi connectivity index (χ0v) is 15.5. The molecule has 26 heavy (non-hydrogen) atoms. The number of anilines is 1. The summed E-state index contributed by atoms with van der Waals surface area (Å²) >= 11 is 0. The second-order valence-electron chi connectivity index (χ2n) is 8.25. The molecule has 138 valence electrons. The summed E-state index contributed by atoms with van der Waals surface area (Å²) in [5.41, 5.74) is 2.50. The predicted octanol–water partition coefficient (Wildman–Crippen LogP) is 2.93. The number of nitrogens with one attached hydrogen (secondary N) is 1. The molecule has 4 aliphatic rings. The highest BCUT2D eigenvalue weighted by molar-refractivity contribution is 5.72. The maximum atomic E-state index is 12.2. The van der Waals surface area contributed by atoms with Crippen molar-refractivity contribution in [2.75, 3.05) is 32.6 Å². The summed E-state index contributed by atoms with van der Waals surface area (Å²) < 4.78 is 10.5. The zero-order chi connectivity index (χ0) is 17.9. The van der Waals surface area contributed by atoms with Gasteiger partial charge < -0.3 is 14.8 Å². The van der Waals surface area contributed by atoms with Crippen molar-refractivity contribution in [1.29, 1.82) is 0 Å². The van der Waals surface area contributed by atoms with E-state index >= 15 is 0 Å². The number of carbonyl (C=O) groups is 1. The molecule has 0 unspecified atom stereocenters. The minimum absolute atomic E-state index is 0.00568. The topological polar surface area (TPSA) is 50.8 Å². The van der Waals surface area contributed by atoms with Crippen LogP contribution in [0.25, 0.3) is 0 Å². The average Bonchev–Trinajstić information content (AvgIpc) is 3.16. The Morgan fingerprint density at radius 1 is 1.35 bits per heavy atom. The van der Waals surface area contributed by atoms with Crippen molar-refractivity contribution in [3.8, 4) is 5.75 Å². The van der Waals surface area contributed by atoms with Gasteiger partial charge in [-0.2, -0.15) is 0 Å². The largest absolute Gasteiger partial charge is 0.497 e. The Bertz CT molecular complexity index is 791. The van der Waals surface area contributed by atoms with Crippen molar-refractivity contribution in [3.05, 3.63) is 35.9 Å². The van der Waals surface area contributed by atoms with Crippen LogP contribution in [0.15, 0.2) is 30.4 Å². The quantitative estimate of drug-likeness (QED) is 0.668. The number of hydrogen-bond donors (Lipinski definition) is 1. The zero-order valence-electron chi connectivity index (χ0n) is 15.5. The number of benzene rings is 1. The predicted molar refractivity (Wildman–Crippen MR) is 99.5 cm³/mol. The van der Waals surface area contributed by atoms with Crippen LogP contribution in [0.1, 0.15) is 37.2 Å². The first-order valence-electron chi connectivity index (χ1n) is 9.56. The molecular formula is C21H26N2O3. The van der Waals surface area contributed by atoms with E-state index in [1.807, 2.05) is 0 Å². The normalized spacial score (nSPS) is 36.7. The van der Waals surface area contributed by atoms with Crippen LogP contribution in [0.3, 0.4) is 0 Å². The van der Waals surface area contributed by atoms with E-state index in [-0.39, 0.29) is 16.9 Å². The molecule has 0 aromatic heterocycles. The van der Waals surface area contributed by atoms with Gasteiger partial charge >= 0.3 is 5.97 Å². The van der Waals surface area contributed by atoms with Crippen molar-refractivity contribution >= 4 is 11.7 Å². The number of nitrogens with zero attached hydrogens (tertiary/aromatic N) is 1. The Morgan fingerprint density at radius 3 is 3.04 bits per heavy atom. The van der Waals surface area contributed by atoms with Crippen LogP contribution in [0.5, 0.6) is 5.75 Å². The Labute approximate surface area is 154 Å². The highest BCUT2D eigenvalue weighted by Gasteiger charge is 2.66. The second-order valence-corrected chi connectivity index (χ2v) is 8.25. The summed E-state index contributed by atoms with van der Waals surface area (Å²) in [5.74, 6) is 1.29. The Morgan fingerprint density at radius 2 is 2.23 bits per heavy atom. The third kappa shape index (κ3) is 1.98. The lowest BCUT2D eigenvalue weighted by Crippen LogP contribution is -2.64. The highest BCUT2D eigenvalue weighted by atomic mass is 16.5. The van der Waals surface area contributed by atoms with Crippen molar-refractivity contribution in [1.82, 2.24) is 4.90 Å². The number of carbonyl (C=O) groups excluding carboxylic acids is 1. The number of rotatable bonds is 3. The van der Waals surface area contributed by atoms with Crippen LogP contribution in [0, 0.1) is 5.41 Å². The van der Waals surface area contributed by atoms with E-state index in [4.69, 9.17) is 9.47 Å². The van der Waals surface area contributed by atoms with Gasteiger partial charge in [-0.1, -0.05) is 18.2 Å². The van der Waals surface area contributed by atoms with E-state index in [1.54, 1.807) is 7.11 Å². The molecule has 3 aliphatic heterocycles. The summed E-state index contributed by atoms with van der Waals surface area (Å²) in [6.07, 6.45) is 8.30. The van der Waals surface area contributed by atoms with E-state index in [2.05, 4.69) is 40.6 Å². The fourth-order valence-corrected chi connectivity index (χ4v) is 6.32. The summed E-state index contributed by atoms with van der Waals surface area (Å²) in [7, 11) is 3.21. The van der Waals surface area contributed by atoms with Crippen LogP contribution >= 0.6 is 0 Å². The Kier molecular flexibility index (Phi) is 3.42. The molecule has 1 N–H and O–H groups in total. The Hall–Kier alpha value is -2.01. The van der Waals surface area contributed by atoms with Gasteiger partial charge in [-0.25, -0.2) is 0 Å².